The first-order valence-corrected chi connectivity index (χ1v) is 11.9. The first-order valence-electron chi connectivity index (χ1n) is 11.9. The van der Waals surface area contributed by atoms with Gasteiger partial charge in [-0.1, -0.05) is 31.2 Å². The lowest BCUT2D eigenvalue weighted by atomic mass is 9.93. The first-order chi connectivity index (χ1) is 18.3. The number of hydrogen-bond acceptors (Lipinski definition) is 7. The van der Waals surface area contributed by atoms with E-state index >= 15 is 0 Å². The fourth-order valence-electron chi connectivity index (χ4n) is 3.80. The number of carbonyl (C=O) groups excluding carboxylic acids is 3. The molecule has 4 rings (SSSR count). The molecule has 38 heavy (non-hydrogen) atoms. The fourth-order valence-corrected chi connectivity index (χ4v) is 3.80. The molecule has 0 aliphatic heterocycles. The van der Waals surface area contributed by atoms with Gasteiger partial charge in [-0.3, -0.25) is 9.59 Å². The lowest BCUT2D eigenvalue weighted by molar-refractivity contribution is -0.131. The molecular weight excluding hydrogens is 484 g/mol. The minimum Gasteiger partial charge on any atom is -0.497 e. The van der Waals surface area contributed by atoms with Crippen LogP contribution < -0.4 is 18.9 Å². The van der Waals surface area contributed by atoms with Gasteiger partial charge in [0, 0.05) is 24.0 Å². The molecule has 0 fully saturated rings. The third-order valence-corrected chi connectivity index (χ3v) is 5.89. The minimum absolute atomic E-state index is 0.0709. The Morgan fingerprint density at radius 1 is 0.553 bits per heavy atom. The number of esters is 1. The summed E-state index contributed by atoms with van der Waals surface area (Å²) in [4.78, 5) is 36.0. The van der Waals surface area contributed by atoms with Crippen LogP contribution in [-0.2, 0) is 4.79 Å². The summed E-state index contributed by atoms with van der Waals surface area (Å²) in [6, 6.07) is 27.5. The smallest absolute Gasteiger partial charge is 0.497 e. The maximum Gasteiger partial charge on any atom is 0.519 e. The van der Waals surface area contributed by atoms with Crippen molar-refractivity contribution in [2.45, 2.75) is 19.8 Å². The van der Waals surface area contributed by atoms with Crippen LogP contribution in [0.3, 0.4) is 0 Å². The lowest BCUT2D eigenvalue weighted by Gasteiger charge is -2.14. The summed E-state index contributed by atoms with van der Waals surface area (Å²) in [5.41, 5.74) is 3.04. The zero-order valence-electron chi connectivity index (χ0n) is 21.2. The second-order valence-corrected chi connectivity index (χ2v) is 8.49. The largest absolute Gasteiger partial charge is 0.519 e. The maximum absolute atomic E-state index is 12.6. The molecule has 0 heterocycles. The minimum atomic E-state index is -0.888. The molecule has 4 aromatic carbocycles. The third-order valence-electron chi connectivity index (χ3n) is 5.89. The summed E-state index contributed by atoms with van der Waals surface area (Å²) in [6.07, 6.45) is -0.888. The number of rotatable bonds is 8. The molecule has 192 valence electrons. The monoisotopic (exact) mass is 510 g/mol. The van der Waals surface area contributed by atoms with E-state index in [1.54, 1.807) is 67.8 Å². The molecule has 1 atom stereocenters. The standard InChI is InChI=1S/C31H26O7/c1-20(22-4-14-27(15-5-22)36-21(2)32)23-6-16-28(17-7-23)37-31(34)38-29-18-10-25(11-19-29)30(33)24-8-12-26(35-3)13-9-24/h4-20H,1-3H3. The number of ether oxygens (including phenoxy) is 4. The Hall–Kier alpha value is -4.91. The van der Waals surface area contributed by atoms with Crippen molar-refractivity contribution in [1.82, 2.24) is 0 Å². The predicted octanol–water partition coefficient (Wildman–Crippen LogP) is 6.58. The molecule has 0 N–H and O–H groups in total. The van der Waals surface area contributed by atoms with Crippen molar-refractivity contribution >= 4 is 17.9 Å². The van der Waals surface area contributed by atoms with Crippen molar-refractivity contribution in [2.75, 3.05) is 7.11 Å². The molecule has 0 aromatic heterocycles. The number of hydrogen-bond donors (Lipinski definition) is 0. The van der Waals surface area contributed by atoms with E-state index in [9.17, 15) is 14.4 Å². The second kappa shape index (κ2) is 11.9. The first kappa shape index (κ1) is 26.2. The normalized spacial score (nSPS) is 11.2. The van der Waals surface area contributed by atoms with Gasteiger partial charge in [0.2, 0.25) is 0 Å². The Balaban J connectivity index is 1.32. The van der Waals surface area contributed by atoms with Gasteiger partial charge in [-0.25, -0.2) is 4.79 Å². The van der Waals surface area contributed by atoms with Gasteiger partial charge in [-0.05, 0) is 83.9 Å². The third kappa shape index (κ3) is 6.64. The van der Waals surface area contributed by atoms with Crippen LogP contribution in [0.4, 0.5) is 4.79 Å². The lowest BCUT2D eigenvalue weighted by Crippen LogP contribution is -2.14. The Labute approximate surface area is 220 Å². The SMILES string of the molecule is COc1ccc(C(=O)c2ccc(OC(=O)Oc3ccc(C(C)c4ccc(OC(C)=O)cc4)cc3)cc2)cc1. The number of carbonyl (C=O) groups is 3. The van der Waals surface area contributed by atoms with Crippen LogP contribution in [0.5, 0.6) is 23.0 Å². The summed E-state index contributed by atoms with van der Waals surface area (Å²) in [5.74, 6) is 1.30. The zero-order chi connectivity index (χ0) is 27.1. The van der Waals surface area contributed by atoms with E-state index in [1.807, 2.05) is 31.2 Å². The van der Waals surface area contributed by atoms with Gasteiger partial charge < -0.3 is 18.9 Å². The van der Waals surface area contributed by atoms with Crippen LogP contribution in [0, 0.1) is 0 Å². The van der Waals surface area contributed by atoms with Crippen molar-refractivity contribution in [3.8, 4) is 23.0 Å². The topological polar surface area (TPSA) is 88.1 Å². The van der Waals surface area contributed by atoms with E-state index < -0.39 is 6.16 Å². The van der Waals surface area contributed by atoms with Crippen molar-refractivity contribution < 1.29 is 33.3 Å². The highest BCUT2D eigenvalue weighted by molar-refractivity contribution is 6.09. The molecule has 0 spiro atoms. The molecule has 0 aliphatic carbocycles. The highest BCUT2D eigenvalue weighted by Crippen LogP contribution is 2.27. The summed E-state index contributed by atoms with van der Waals surface area (Å²) in [5, 5.41) is 0. The van der Waals surface area contributed by atoms with Crippen molar-refractivity contribution in [2.24, 2.45) is 0 Å². The summed E-state index contributed by atoms with van der Waals surface area (Å²) in [7, 11) is 1.56. The van der Waals surface area contributed by atoms with Crippen LogP contribution in [0.1, 0.15) is 46.8 Å². The van der Waals surface area contributed by atoms with E-state index in [0.717, 1.165) is 11.1 Å². The van der Waals surface area contributed by atoms with Gasteiger partial charge in [0.25, 0.3) is 0 Å². The summed E-state index contributed by atoms with van der Waals surface area (Å²) >= 11 is 0. The fraction of sp³-hybridized carbons (Fsp3) is 0.129. The molecule has 0 radical (unpaired) electrons. The molecule has 7 heteroatoms. The van der Waals surface area contributed by atoms with Gasteiger partial charge in [-0.2, -0.15) is 0 Å². The molecule has 1 unspecified atom stereocenters. The molecule has 0 amide bonds. The van der Waals surface area contributed by atoms with Crippen molar-refractivity contribution in [1.29, 1.82) is 0 Å². The summed E-state index contributed by atoms with van der Waals surface area (Å²) in [6.45, 7) is 3.41. The highest BCUT2D eigenvalue weighted by atomic mass is 16.7. The Morgan fingerprint density at radius 3 is 1.32 bits per heavy atom. The summed E-state index contributed by atoms with van der Waals surface area (Å²) < 4.78 is 20.7. The van der Waals surface area contributed by atoms with Gasteiger partial charge in [-0.15, -0.1) is 0 Å². The van der Waals surface area contributed by atoms with E-state index in [0.29, 0.717) is 28.4 Å². The molecule has 0 aliphatic rings. The average molecular weight is 511 g/mol. The van der Waals surface area contributed by atoms with Gasteiger partial charge in [0.05, 0.1) is 7.11 Å². The number of ketones is 1. The Kier molecular flexibility index (Phi) is 8.18. The van der Waals surface area contributed by atoms with Crippen LogP contribution in [-0.4, -0.2) is 25.0 Å². The average Bonchev–Trinajstić information content (AvgIpc) is 2.93. The van der Waals surface area contributed by atoms with Gasteiger partial charge >= 0.3 is 12.1 Å². The Morgan fingerprint density at radius 2 is 0.921 bits per heavy atom. The molecule has 0 saturated heterocycles. The van der Waals surface area contributed by atoms with Gasteiger partial charge in [0.1, 0.15) is 23.0 Å². The predicted molar refractivity (Wildman–Crippen MR) is 141 cm³/mol. The zero-order valence-corrected chi connectivity index (χ0v) is 21.2. The molecule has 0 saturated carbocycles. The van der Waals surface area contributed by atoms with E-state index in [1.165, 1.54) is 19.1 Å². The molecule has 7 nitrogen and oxygen atoms in total. The maximum atomic E-state index is 12.6. The van der Waals surface area contributed by atoms with Crippen molar-refractivity contribution in [3.63, 3.8) is 0 Å². The Bertz CT molecular complexity index is 1410. The van der Waals surface area contributed by atoms with E-state index in [2.05, 4.69) is 0 Å². The second-order valence-electron chi connectivity index (χ2n) is 8.49. The van der Waals surface area contributed by atoms with Crippen LogP contribution in [0.15, 0.2) is 97.1 Å². The number of benzene rings is 4. The highest BCUT2D eigenvalue weighted by Gasteiger charge is 2.13. The van der Waals surface area contributed by atoms with Gasteiger partial charge in [0.15, 0.2) is 5.78 Å². The molecule has 0 bridgehead atoms. The van der Waals surface area contributed by atoms with E-state index in [4.69, 9.17) is 18.9 Å². The molecule has 4 aromatic rings. The quantitative estimate of drug-likeness (QED) is 0.114. The number of methoxy groups -OCH3 is 1. The van der Waals surface area contributed by atoms with Crippen LogP contribution in [0.25, 0.3) is 0 Å². The van der Waals surface area contributed by atoms with Crippen LogP contribution >= 0.6 is 0 Å². The van der Waals surface area contributed by atoms with Crippen molar-refractivity contribution in [3.05, 3.63) is 119 Å². The molecular formula is C31H26O7. The van der Waals surface area contributed by atoms with Crippen LogP contribution in [0.2, 0.25) is 0 Å². The van der Waals surface area contributed by atoms with E-state index in [-0.39, 0.29) is 23.4 Å².